The molecule has 1 aliphatic heterocycles. The highest BCUT2D eigenvalue weighted by Gasteiger charge is 2.25. The number of carbonyl (C=O) groups excluding carboxylic acids is 2. The highest BCUT2D eigenvalue weighted by atomic mass is 16.5. The van der Waals surface area contributed by atoms with Crippen molar-refractivity contribution in [2.45, 2.75) is 38.8 Å². The van der Waals surface area contributed by atoms with Crippen LogP contribution in [0.2, 0.25) is 0 Å². The third-order valence-corrected chi connectivity index (χ3v) is 3.10. The molecule has 20 heavy (non-hydrogen) atoms. The summed E-state index contributed by atoms with van der Waals surface area (Å²) in [6.07, 6.45) is 1.96. The van der Waals surface area contributed by atoms with Crippen LogP contribution in [0, 0.1) is 0 Å². The second-order valence-corrected chi connectivity index (χ2v) is 4.69. The van der Waals surface area contributed by atoms with E-state index in [0.29, 0.717) is 12.4 Å². The molecule has 3 N–H and O–H groups in total. The minimum Gasteiger partial charge on any atom is -0.355 e. The molecular weight excluding hydrogens is 262 g/mol. The summed E-state index contributed by atoms with van der Waals surface area (Å²) in [6, 6.07) is -0.626. The Balaban J connectivity index is 1.94. The molecule has 1 aliphatic rings. The molecule has 0 aliphatic carbocycles. The van der Waals surface area contributed by atoms with Gasteiger partial charge in [-0.25, -0.2) is 0 Å². The number of rotatable bonds is 5. The maximum Gasteiger partial charge on any atom is 0.293 e. The van der Waals surface area contributed by atoms with Gasteiger partial charge in [-0.2, -0.15) is 4.98 Å². The number of hydrogen-bond donors (Lipinski definition) is 3. The number of likely N-dealkylation sites (N-methyl/N-ethyl adjacent to an activating group) is 1. The van der Waals surface area contributed by atoms with Gasteiger partial charge in [-0.15, -0.1) is 0 Å². The standard InChI is InChI=1S/C12H19N5O3/c1-3-13-10(18)7(2)15-11(19)9-16-12(20-17-9)8-5-4-6-14-8/h7-8,14H,3-6H2,1-2H3,(H,13,18)(H,15,19). The predicted octanol–water partition coefficient (Wildman–Crippen LogP) is -0.251. The zero-order valence-corrected chi connectivity index (χ0v) is 11.6. The first kappa shape index (κ1) is 14.4. The Morgan fingerprint density at radius 1 is 1.55 bits per heavy atom. The Morgan fingerprint density at radius 3 is 3.00 bits per heavy atom. The average Bonchev–Trinajstić information content (AvgIpc) is 3.09. The lowest BCUT2D eigenvalue weighted by atomic mass is 10.2. The van der Waals surface area contributed by atoms with Crippen molar-refractivity contribution in [1.82, 2.24) is 26.1 Å². The molecule has 110 valence electrons. The van der Waals surface area contributed by atoms with E-state index in [1.54, 1.807) is 6.92 Å². The molecule has 1 fully saturated rings. The van der Waals surface area contributed by atoms with Crippen LogP contribution in [0.1, 0.15) is 49.2 Å². The Kier molecular flexibility index (Phi) is 4.67. The molecule has 8 nitrogen and oxygen atoms in total. The summed E-state index contributed by atoms with van der Waals surface area (Å²) < 4.78 is 5.07. The van der Waals surface area contributed by atoms with Crippen LogP contribution < -0.4 is 16.0 Å². The molecule has 0 aromatic carbocycles. The number of carbonyl (C=O) groups is 2. The Hall–Kier alpha value is -1.96. The van der Waals surface area contributed by atoms with Crippen molar-refractivity contribution >= 4 is 11.8 Å². The minimum atomic E-state index is -0.644. The van der Waals surface area contributed by atoms with E-state index in [1.807, 2.05) is 6.92 Å². The van der Waals surface area contributed by atoms with Gasteiger partial charge in [-0.05, 0) is 33.2 Å². The van der Waals surface area contributed by atoms with E-state index in [0.717, 1.165) is 19.4 Å². The molecule has 2 heterocycles. The van der Waals surface area contributed by atoms with Crippen LogP contribution in [0.15, 0.2) is 4.52 Å². The van der Waals surface area contributed by atoms with Crippen molar-refractivity contribution in [2.75, 3.05) is 13.1 Å². The number of amides is 2. The zero-order valence-electron chi connectivity index (χ0n) is 11.6. The van der Waals surface area contributed by atoms with Gasteiger partial charge in [0.25, 0.3) is 11.7 Å². The quantitative estimate of drug-likeness (QED) is 0.686. The fourth-order valence-electron chi connectivity index (χ4n) is 2.02. The van der Waals surface area contributed by atoms with E-state index in [2.05, 4.69) is 26.1 Å². The maximum atomic E-state index is 11.9. The van der Waals surface area contributed by atoms with Gasteiger partial charge in [0.1, 0.15) is 6.04 Å². The van der Waals surface area contributed by atoms with Crippen molar-refractivity contribution < 1.29 is 14.1 Å². The summed E-state index contributed by atoms with van der Waals surface area (Å²) in [5.41, 5.74) is 0. The number of hydrogen-bond acceptors (Lipinski definition) is 6. The van der Waals surface area contributed by atoms with Crippen LogP contribution in [-0.4, -0.2) is 41.1 Å². The Labute approximate surface area is 116 Å². The highest BCUT2D eigenvalue weighted by Crippen LogP contribution is 2.20. The molecule has 0 radical (unpaired) electrons. The van der Waals surface area contributed by atoms with Gasteiger partial charge in [0.05, 0.1) is 6.04 Å². The molecule has 2 unspecified atom stereocenters. The first-order valence-corrected chi connectivity index (χ1v) is 6.77. The van der Waals surface area contributed by atoms with Crippen LogP contribution >= 0.6 is 0 Å². The third-order valence-electron chi connectivity index (χ3n) is 3.10. The number of nitrogens with one attached hydrogen (secondary N) is 3. The van der Waals surface area contributed by atoms with E-state index in [1.165, 1.54) is 0 Å². The van der Waals surface area contributed by atoms with E-state index in [4.69, 9.17) is 4.52 Å². The molecule has 1 aromatic rings. The predicted molar refractivity (Wildman–Crippen MR) is 69.9 cm³/mol. The molecule has 0 bridgehead atoms. The van der Waals surface area contributed by atoms with Gasteiger partial charge < -0.3 is 20.5 Å². The second kappa shape index (κ2) is 6.47. The lowest BCUT2D eigenvalue weighted by Gasteiger charge is -2.11. The van der Waals surface area contributed by atoms with Crippen LogP contribution in [0.5, 0.6) is 0 Å². The fraction of sp³-hybridized carbons (Fsp3) is 0.667. The van der Waals surface area contributed by atoms with Crippen molar-refractivity contribution in [3.8, 4) is 0 Å². The van der Waals surface area contributed by atoms with E-state index >= 15 is 0 Å². The lowest BCUT2D eigenvalue weighted by molar-refractivity contribution is -0.122. The van der Waals surface area contributed by atoms with E-state index in [9.17, 15) is 9.59 Å². The van der Waals surface area contributed by atoms with Crippen LogP contribution in [0.3, 0.4) is 0 Å². The minimum absolute atomic E-state index is 0.0184. The lowest BCUT2D eigenvalue weighted by Crippen LogP contribution is -2.45. The summed E-state index contributed by atoms with van der Waals surface area (Å²) in [5, 5.41) is 12.0. The molecule has 0 spiro atoms. The molecule has 2 rings (SSSR count). The van der Waals surface area contributed by atoms with Gasteiger partial charge in [-0.3, -0.25) is 9.59 Å². The van der Waals surface area contributed by atoms with Crippen molar-refractivity contribution in [3.63, 3.8) is 0 Å². The molecule has 1 aromatic heterocycles. The fourth-order valence-corrected chi connectivity index (χ4v) is 2.02. The average molecular weight is 281 g/mol. The van der Waals surface area contributed by atoms with Gasteiger partial charge in [-0.1, -0.05) is 5.16 Å². The largest absolute Gasteiger partial charge is 0.355 e. The Morgan fingerprint density at radius 2 is 2.35 bits per heavy atom. The van der Waals surface area contributed by atoms with Crippen LogP contribution in [0.25, 0.3) is 0 Å². The van der Waals surface area contributed by atoms with Gasteiger partial charge >= 0.3 is 0 Å². The van der Waals surface area contributed by atoms with Gasteiger partial charge in [0.15, 0.2) is 0 Å². The number of nitrogens with zero attached hydrogens (tertiary/aromatic N) is 2. The van der Waals surface area contributed by atoms with Crippen molar-refractivity contribution in [2.24, 2.45) is 0 Å². The van der Waals surface area contributed by atoms with Crippen molar-refractivity contribution in [1.29, 1.82) is 0 Å². The van der Waals surface area contributed by atoms with Crippen molar-refractivity contribution in [3.05, 3.63) is 11.7 Å². The normalized spacial score (nSPS) is 19.6. The zero-order chi connectivity index (χ0) is 14.5. The second-order valence-electron chi connectivity index (χ2n) is 4.69. The summed E-state index contributed by atoms with van der Waals surface area (Å²) in [5.74, 6) is -0.401. The summed E-state index contributed by atoms with van der Waals surface area (Å²) in [6.45, 7) is 4.83. The Bertz CT molecular complexity index is 481. The highest BCUT2D eigenvalue weighted by molar-refractivity contribution is 5.94. The smallest absolute Gasteiger partial charge is 0.293 e. The maximum absolute atomic E-state index is 11.9. The summed E-state index contributed by atoms with van der Waals surface area (Å²) in [4.78, 5) is 27.5. The SMILES string of the molecule is CCNC(=O)C(C)NC(=O)c1noc(C2CCCN2)n1. The summed E-state index contributed by atoms with van der Waals surface area (Å²) >= 11 is 0. The molecule has 0 saturated carbocycles. The third kappa shape index (κ3) is 3.32. The summed E-state index contributed by atoms with van der Waals surface area (Å²) in [7, 11) is 0. The molecule has 2 atom stereocenters. The monoisotopic (exact) mass is 281 g/mol. The molecule has 8 heteroatoms. The number of aromatic nitrogens is 2. The topological polar surface area (TPSA) is 109 Å². The van der Waals surface area contributed by atoms with Crippen LogP contribution in [0.4, 0.5) is 0 Å². The van der Waals surface area contributed by atoms with Gasteiger partial charge in [0.2, 0.25) is 11.8 Å². The van der Waals surface area contributed by atoms with E-state index in [-0.39, 0.29) is 17.8 Å². The molecule has 1 saturated heterocycles. The molecule has 2 amide bonds. The first-order valence-electron chi connectivity index (χ1n) is 6.77. The molecular formula is C12H19N5O3. The van der Waals surface area contributed by atoms with E-state index < -0.39 is 11.9 Å². The first-order chi connectivity index (χ1) is 9.61. The van der Waals surface area contributed by atoms with Crippen LogP contribution in [-0.2, 0) is 4.79 Å². The van der Waals surface area contributed by atoms with Gasteiger partial charge in [0, 0.05) is 6.54 Å².